The lowest BCUT2D eigenvalue weighted by atomic mass is 10.1. The number of hydrogen-bond donors (Lipinski definition) is 2. The van der Waals surface area contributed by atoms with Crippen LogP contribution in [0.3, 0.4) is 0 Å². The predicted molar refractivity (Wildman–Crippen MR) is 84.7 cm³/mol. The minimum Gasteiger partial charge on any atom is -0.352 e. The summed E-state index contributed by atoms with van der Waals surface area (Å²) in [6.07, 6.45) is 1.07. The summed E-state index contributed by atoms with van der Waals surface area (Å²) in [5.74, 6) is 0.0853. The first-order chi connectivity index (χ1) is 9.52. The van der Waals surface area contributed by atoms with Crippen LogP contribution >= 0.6 is 27.5 Å². The fourth-order valence-electron chi connectivity index (χ4n) is 2.14. The van der Waals surface area contributed by atoms with E-state index in [1.54, 1.807) is 0 Å². The lowest BCUT2D eigenvalue weighted by Crippen LogP contribution is -2.27. The Morgan fingerprint density at radius 2 is 2.10 bits per heavy atom. The van der Waals surface area contributed by atoms with E-state index in [1.807, 2.05) is 0 Å². The van der Waals surface area contributed by atoms with Crippen LogP contribution < -0.4 is 10.5 Å². The van der Waals surface area contributed by atoms with Gasteiger partial charge in [0, 0.05) is 12.1 Å². The molecule has 0 heterocycles. The van der Waals surface area contributed by atoms with Crippen molar-refractivity contribution in [2.75, 3.05) is 6.54 Å². The molecule has 1 atom stereocenters. The molecule has 2 rings (SSSR count). The molecule has 0 aliphatic heterocycles. The van der Waals surface area contributed by atoms with Gasteiger partial charge < -0.3 is 5.32 Å². The van der Waals surface area contributed by atoms with Crippen molar-refractivity contribution in [3.8, 4) is 0 Å². The minimum absolute atomic E-state index is 0.124. The molecular weight excluding hydrogens is 380 g/mol. The van der Waals surface area contributed by atoms with E-state index in [9.17, 15) is 13.2 Å². The smallest absolute Gasteiger partial charge is 0.251 e. The van der Waals surface area contributed by atoms with Gasteiger partial charge in [-0.3, -0.25) is 4.79 Å². The number of benzene rings is 1. The Morgan fingerprint density at radius 1 is 1.52 bits per heavy atom. The highest BCUT2D eigenvalue weighted by atomic mass is 79.9. The topological polar surface area (TPSA) is 89.3 Å². The van der Waals surface area contributed by atoms with Crippen LogP contribution in [-0.2, 0) is 10.0 Å². The molecule has 1 aliphatic rings. The van der Waals surface area contributed by atoms with E-state index < -0.39 is 10.0 Å². The molecule has 0 aromatic heterocycles. The molecule has 8 heteroatoms. The van der Waals surface area contributed by atoms with Crippen molar-refractivity contribution in [3.63, 3.8) is 0 Å². The predicted octanol–water partition coefficient (Wildman–Crippen LogP) is 2.53. The summed E-state index contributed by atoms with van der Waals surface area (Å²) < 4.78 is 23.2. The zero-order valence-corrected chi connectivity index (χ0v) is 14.8. The number of carbonyl (C=O) groups excluding carboxylic acids is 1. The summed E-state index contributed by atoms with van der Waals surface area (Å²) in [4.78, 5) is 11.9. The zero-order chi connectivity index (χ0) is 16.0. The molecule has 0 spiro atoms. The van der Waals surface area contributed by atoms with E-state index in [2.05, 4.69) is 35.1 Å². The van der Waals surface area contributed by atoms with Crippen LogP contribution in [-0.4, -0.2) is 20.9 Å². The molecule has 0 bridgehead atoms. The fourth-order valence-corrected chi connectivity index (χ4v) is 3.98. The lowest BCUT2D eigenvalue weighted by molar-refractivity contribution is 0.0950. The Labute approximate surface area is 137 Å². The standard InChI is InChI=1S/C13H16BrClN2O3S/c1-13(2)5-8(13)6-17-12(18)7-3-9(15)11(14)10(4-7)21(16,19)20/h3-4,8H,5-6H2,1-2H3,(H,17,18)(H2,16,19,20). The minimum atomic E-state index is -3.96. The van der Waals surface area contributed by atoms with E-state index >= 15 is 0 Å². The van der Waals surface area contributed by atoms with Gasteiger partial charge in [-0.25, -0.2) is 13.6 Å². The maximum Gasteiger partial charge on any atom is 0.251 e. The van der Waals surface area contributed by atoms with Crippen LogP contribution in [0, 0.1) is 11.3 Å². The molecule has 1 saturated carbocycles. The van der Waals surface area contributed by atoms with Crippen molar-refractivity contribution in [3.05, 3.63) is 27.2 Å². The van der Waals surface area contributed by atoms with Crippen molar-refractivity contribution < 1.29 is 13.2 Å². The number of nitrogens with one attached hydrogen (secondary N) is 1. The molecule has 5 nitrogen and oxygen atoms in total. The van der Waals surface area contributed by atoms with Crippen LogP contribution in [0.1, 0.15) is 30.6 Å². The number of nitrogens with two attached hydrogens (primary N) is 1. The van der Waals surface area contributed by atoms with Gasteiger partial charge in [0.05, 0.1) is 14.4 Å². The van der Waals surface area contributed by atoms with E-state index in [-0.39, 0.29) is 31.3 Å². The Morgan fingerprint density at radius 3 is 2.57 bits per heavy atom. The molecule has 1 aliphatic carbocycles. The first-order valence-electron chi connectivity index (χ1n) is 6.32. The van der Waals surface area contributed by atoms with Gasteiger partial charge in [0.25, 0.3) is 5.91 Å². The summed E-state index contributed by atoms with van der Waals surface area (Å²) in [7, 11) is -3.96. The molecule has 21 heavy (non-hydrogen) atoms. The second-order valence-electron chi connectivity index (χ2n) is 5.91. The number of sulfonamides is 1. The Balaban J connectivity index is 2.20. The molecule has 1 aromatic carbocycles. The maximum atomic E-state index is 12.1. The fraction of sp³-hybridized carbons (Fsp3) is 0.462. The van der Waals surface area contributed by atoms with Crippen LogP contribution in [0.5, 0.6) is 0 Å². The third-order valence-electron chi connectivity index (χ3n) is 3.79. The third-order valence-corrected chi connectivity index (χ3v) is 6.37. The van der Waals surface area contributed by atoms with Crippen molar-refractivity contribution in [2.24, 2.45) is 16.5 Å². The highest BCUT2D eigenvalue weighted by Crippen LogP contribution is 2.51. The van der Waals surface area contributed by atoms with E-state index in [4.69, 9.17) is 16.7 Å². The third kappa shape index (κ3) is 3.77. The second kappa shape index (κ2) is 5.53. The number of carbonyl (C=O) groups is 1. The molecule has 0 saturated heterocycles. The average molecular weight is 396 g/mol. The molecule has 0 radical (unpaired) electrons. The van der Waals surface area contributed by atoms with Gasteiger partial charge in [-0.2, -0.15) is 0 Å². The molecule has 1 aromatic rings. The number of amides is 1. The van der Waals surface area contributed by atoms with Gasteiger partial charge in [-0.05, 0) is 45.8 Å². The van der Waals surface area contributed by atoms with E-state index in [0.29, 0.717) is 12.5 Å². The zero-order valence-electron chi connectivity index (χ0n) is 11.6. The largest absolute Gasteiger partial charge is 0.352 e. The van der Waals surface area contributed by atoms with E-state index in [0.717, 1.165) is 6.42 Å². The van der Waals surface area contributed by atoms with Gasteiger partial charge in [0.15, 0.2) is 0 Å². The monoisotopic (exact) mass is 394 g/mol. The van der Waals surface area contributed by atoms with Crippen LogP contribution in [0.2, 0.25) is 5.02 Å². The van der Waals surface area contributed by atoms with Gasteiger partial charge in [-0.1, -0.05) is 25.4 Å². The molecule has 116 valence electrons. The van der Waals surface area contributed by atoms with Gasteiger partial charge in [-0.15, -0.1) is 0 Å². The average Bonchev–Trinajstić information content (AvgIpc) is 2.95. The summed E-state index contributed by atoms with van der Waals surface area (Å²) >= 11 is 9.01. The SMILES string of the molecule is CC1(C)CC1CNC(=O)c1cc(Cl)c(Br)c(S(N)(=O)=O)c1. The molecular formula is C13H16BrClN2O3S. The van der Waals surface area contributed by atoms with Crippen LogP contribution in [0.4, 0.5) is 0 Å². The lowest BCUT2D eigenvalue weighted by Gasteiger charge is -2.10. The van der Waals surface area contributed by atoms with Crippen molar-refractivity contribution >= 4 is 43.5 Å². The highest BCUT2D eigenvalue weighted by molar-refractivity contribution is 9.10. The molecule has 1 amide bonds. The number of rotatable bonds is 4. The summed E-state index contributed by atoms with van der Waals surface area (Å²) in [6, 6.07) is 2.63. The number of primary sulfonamides is 1. The quantitative estimate of drug-likeness (QED) is 0.821. The highest BCUT2D eigenvalue weighted by Gasteiger charge is 2.45. The Hall–Kier alpha value is -0.630. The maximum absolute atomic E-state index is 12.1. The Kier molecular flexibility index (Phi) is 4.41. The first kappa shape index (κ1) is 16.7. The van der Waals surface area contributed by atoms with Gasteiger partial charge >= 0.3 is 0 Å². The van der Waals surface area contributed by atoms with Crippen molar-refractivity contribution in [1.29, 1.82) is 0 Å². The molecule has 1 fully saturated rings. The molecule has 3 N–H and O–H groups in total. The van der Waals surface area contributed by atoms with Crippen LogP contribution in [0.15, 0.2) is 21.5 Å². The van der Waals surface area contributed by atoms with Crippen LogP contribution in [0.25, 0.3) is 0 Å². The summed E-state index contributed by atoms with van der Waals surface area (Å²) in [5.41, 5.74) is 0.432. The summed E-state index contributed by atoms with van der Waals surface area (Å²) in [5, 5.41) is 8.03. The van der Waals surface area contributed by atoms with Crippen molar-refractivity contribution in [1.82, 2.24) is 5.32 Å². The summed E-state index contributed by atoms with van der Waals surface area (Å²) in [6.45, 7) is 4.84. The normalized spacial score (nSPS) is 20.1. The van der Waals surface area contributed by atoms with E-state index in [1.165, 1.54) is 12.1 Å². The Bertz CT molecular complexity index is 704. The molecule has 1 unspecified atom stereocenters. The number of halogens is 2. The van der Waals surface area contributed by atoms with Gasteiger partial charge in [0.1, 0.15) is 0 Å². The van der Waals surface area contributed by atoms with Crippen molar-refractivity contribution in [2.45, 2.75) is 25.2 Å². The second-order valence-corrected chi connectivity index (χ2v) is 8.64. The van der Waals surface area contributed by atoms with Gasteiger partial charge in [0.2, 0.25) is 10.0 Å². The first-order valence-corrected chi connectivity index (χ1v) is 9.04. The number of hydrogen-bond acceptors (Lipinski definition) is 3.